The lowest BCUT2D eigenvalue weighted by molar-refractivity contribution is -0.103. The van der Waals surface area contributed by atoms with E-state index in [-0.39, 0.29) is 112 Å². The van der Waals surface area contributed by atoms with Crippen molar-refractivity contribution in [3.8, 4) is 59.8 Å². The number of benzene rings is 1. The van der Waals surface area contributed by atoms with Crippen molar-refractivity contribution in [1.82, 2.24) is 75.4 Å². The second kappa shape index (κ2) is 39.3. The lowest BCUT2D eigenvalue weighted by Crippen LogP contribution is -2.68. The van der Waals surface area contributed by atoms with E-state index >= 15 is 0 Å². The van der Waals surface area contributed by atoms with Crippen LogP contribution >= 0.6 is 0 Å². The maximum absolute atomic E-state index is 13.2. The summed E-state index contributed by atoms with van der Waals surface area (Å²) in [5.41, 5.74) is 21.0. The van der Waals surface area contributed by atoms with Gasteiger partial charge in [0, 0.05) is 178 Å². The molecule has 145 heavy (non-hydrogen) atoms. The predicted octanol–water partition coefficient (Wildman–Crippen LogP) is 12.5. The molecule has 0 spiro atoms. The Kier molecular flexibility index (Phi) is 25.9. The number of nitrogen functional groups attached to an aromatic ring is 1. The van der Waals surface area contributed by atoms with Crippen LogP contribution in [0.5, 0.6) is 35.5 Å². The minimum absolute atomic E-state index is 0.0147. The summed E-state index contributed by atoms with van der Waals surface area (Å²) in [6.45, 7) is 16.1. The van der Waals surface area contributed by atoms with Crippen LogP contribution in [0.15, 0.2) is 101 Å². The Bertz CT molecular complexity index is 6570. The van der Waals surface area contributed by atoms with E-state index in [1.807, 2.05) is 69.6 Å². The molecule has 7 aromatic heterocycles. The quantitative estimate of drug-likeness (QED) is 0.0284. The highest BCUT2D eigenvalue weighted by atomic mass is 16.5. The standard InChI is InChI=1S/C28H31N7O3.C27H29N7O2.C26H31N7O3.C26H31N7O2/c29-15-27(6-7-27)16-37-26-32-20(25(36)34-28-11-17(12-28)13-28)10-22(33-26)35-8-4-19(5-9-35)38-21-3-1-2-18-14-31-24(30)23(18)21;28-11-18-5-19(18)14-36-26-32-21(23(35)10-27-7-16(8-27)9-27)6-24(33-26)34-3-1-17(2-4-34)25-20-12-29-15-31-22(20)13-30-25;27-15-25(5-6-25)16-36-24-30-19(23(34)32-26-11-18(12-26)13-26)10-21(31-24)33-8-3-17(4-9-33)14-35-20-2-1-7-29-22(20)28;1-26(2,3)10-22(34)20-9-23(32-25(31-20)35-14-18-8-17(18)11-27)33-6-4-16(5-7-33)24-19-12-28-15-30-21(19)13-29-24/h1-3,10,17,19H,4-9,11-14,16H2,(H2,30,31)(H,34,36);6,12,15-19H,1-5,7-10,13-14H2;1-2,7,10,17-18H,3-6,8-9,11-14,16H2,(H2,28,29)(H,32,34);9,12,15-18H,4-8,10,13-14H2,1-3H3/t;16?,18-,19+,27?;;17-,18+/m.0.0/s1. The Morgan fingerprint density at radius 3 is 1.35 bits per heavy atom. The third-order valence-corrected chi connectivity index (χ3v) is 32.6. The summed E-state index contributed by atoms with van der Waals surface area (Å²) >= 11 is 0. The van der Waals surface area contributed by atoms with Crippen molar-refractivity contribution >= 4 is 69.7 Å². The fourth-order valence-electron chi connectivity index (χ4n) is 22.8. The molecule has 38 nitrogen and oxygen atoms in total. The van der Waals surface area contributed by atoms with Gasteiger partial charge in [-0.2, -0.15) is 60.9 Å². The average molecular weight is 1960 g/mol. The number of Topliss-reactive ketones (excluding diaryl/α,β-unsaturated/α-hetero) is 2. The molecule has 13 aliphatic carbocycles. The van der Waals surface area contributed by atoms with Gasteiger partial charge in [-0.3, -0.25) is 34.2 Å². The van der Waals surface area contributed by atoms with Crippen LogP contribution in [-0.4, -0.2) is 208 Å². The summed E-state index contributed by atoms with van der Waals surface area (Å²) in [5, 5.41) is 43.4. The third-order valence-electron chi connectivity index (χ3n) is 32.6. The highest BCUT2D eigenvalue weighted by molar-refractivity contribution is 6.06. The van der Waals surface area contributed by atoms with Gasteiger partial charge in [0.05, 0.1) is 103 Å². The third kappa shape index (κ3) is 21.2. The number of fused-ring (bicyclic) bond motifs is 3. The molecular weight excluding hydrogens is 1840 g/mol. The van der Waals surface area contributed by atoms with Crippen LogP contribution in [0.4, 0.5) is 29.1 Å². The first-order chi connectivity index (χ1) is 70.3. The maximum Gasteiger partial charge on any atom is 0.319 e. The number of rotatable bonds is 32. The Morgan fingerprint density at radius 1 is 0.483 bits per heavy atom. The number of aromatic nitrogens is 13. The van der Waals surface area contributed by atoms with Crippen LogP contribution in [0.25, 0.3) is 0 Å². The van der Waals surface area contributed by atoms with E-state index in [1.165, 1.54) is 19.3 Å². The van der Waals surface area contributed by atoms with E-state index in [0.717, 1.165) is 248 Å². The number of anilines is 5. The van der Waals surface area contributed by atoms with E-state index in [2.05, 4.69) is 119 Å². The van der Waals surface area contributed by atoms with Crippen molar-refractivity contribution in [2.45, 2.75) is 218 Å². The predicted molar refractivity (Wildman–Crippen MR) is 532 cm³/mol. The number of ketones is 2. The first-order valence-electron chi connectivity index (χ1n) is 51.8. The molecule has 6 N–H and O–H groups in total. The van der Waals surface area contributed by atoms with Crippen LogP contribution in [0.2, 0.25) is 0 Å². The lowest BCUT2D eigenvalue weighted by Gasteiger charge is -2.61. The number of carbonyl (C=O) groups excluding carboxylic acids is 4. The first kappa shape index (κ1) is 95.5. The molecule has 20 aliphatic rings. The molecule has 4 saturated heterocycles. The Labute approximate surface area is 841 Å². The summed E-state index contributed by atoms with van der Waals surface area (Å²) in [6, 6.07) is 26.8. The molecule has 0 radical (unpaired) electrons. The van der Waals surface area contributed by atoms with Gasteiger partial charge in [0.15, 0.2) is 23.1 Å². The normalized spacial score (nSPS) is 25.9. The summed E-state index contributed by atoms with van der Waals surface area (Å²) in [7, 11) is 0. The number of amidine groups is 1. The molecular formula is C107H122N28O10. The van der Waals surface area contributed by atoms with E-state index < -0.39 is 10.8 Å². The molecule has 2 amide bonds. The number of carbonyl (C=O) groups is 4. The van der Waals surface area contributed by atoms with Crippen LogP contribution in [0.3, 0.4) is 0 Å². The number of aliphatic imine (C=N–C) groups is 3. The minimum Gasteiger partial charge on any atom is -0.490 e. The molecule has 1 aromatic carbocycles. The van der Waals surface area contributed by atoms with Gasteiger partial charge in [-0.1, -0.05) is 32.9 Å². The lowest BCUT2D eigenvalue weighted by atomic mass is 9.43. The number of nitrogens with zero attached hydrogens (tertiary/aromatic N) is 24. The Hall–Kier alpha value is -14.3. The molecule has 38 heteroatoms. The van der Waals surface area contributed by atoms with Crippen LogP contribution in [0, 0.1) is 126 Å². The van der Waals surface area contributed by atoms with E-state index in [4.69, 9.17) is 65.4 Å². The van der Waals surface area contributed by atoms with Crippen molar-refractivity contribution in [3.63, 3.8) is 0 Å². The second-order valence-electron chi connectivity index (χ2n) is 44.8. The van der Waals surface area contributed by atoms with Gasteiger partial charge in [0.1, 0.15) is 89.6 Å². The van der Waals surface area contributed by atoms with Gasteiger partial charge in [-0.25, -0.2) is 24.9 Å². The number of pyridine rings is 1. The Balaban J connectivity index is 0.000000110. The highest BCUT2D eigenvalue weighted by Gasteiger charge is 2.60. The zero-order valence-corrected chi connectivity index (χ0v) is 82.4. The van der Waals surface area contributed by atoms with Crippen molar-refractivity contribution in [1.29, 1.82) is 21.0 Å². The van der Waals surface area contributed by atoms with Crippen molar-refractivity contribution in [3.05, 3.63) is 142 Å². The smallest absolute Gasteiger partial charge is 0.319 e. The molecule has 13 saturated carbocycles. The SMILES string of the molecule is CC(C)(C)CC(=O)c1cc(N2CCC(C3=NCc4ncncc43)CC2)nc(OC[C@H]2C[C@H]2C#N)n1.N#CC1(COc2nc(C(=O)NC34CC(C3)C4)cc(N3CCC(COc4cccnc4N)CC3)n2)CC1.N#CC1(COc2nc(C(=O)NC34CC(C3)C4)cc(N3CCC(Oc4cccc5c4C(N)=NC5)CC3)n2)CC1.N#C[C@@H]1C[C@@H]1COc1nc(C(=O)CC23CC(C2)C3)cc(N2CCC(C3=NCc4ncncc43)CC2)n1. The van der Waals surface area contributed by atoms with Crippen LogP contribution in [-0.2, 0) is 19.6 Å². The van der Waals surface area contributed by atoms with Gasteiger partial charge >= 0.3 is 24.0 Å². The molecule has 14 heterocycles. The minimum atomic E-state index is -0.449. The number of nitrogens with two attached hydrogens (primary N) is 2. The number of hydrogen-bond acceptors (Lipinski definition) is 36. The first-order valence-corrected chi connectivity index (χ1v) is 51.8. The zero-order valence-electron chi connectivity index (χ0n) is 82.4. The number of nitrogens with one attached hydrogen (secondary N) is 2. The number of ether oxygens (including phenoxy) is 6. The summed E-state index contributed by atoms with van der Waals surface area (Å²) in [5.74, 6) is 8.91. The molecule has 7 aliphatic heterocycles. The number of piperidine rings is 4. The van der Waals surface area contributed by atoms with Gasteiger partial charge in [0.25, 0.3) is 11.8 Å². The number of nitriles is 4. The summed E-state index contributed by atoms with van der Waals surface area (Å²) < 4.78 is 35.8. The molecule has 4 atom stereocenters. The van der Waals surface area contributed by atoms with Gasteiger partial charge in [-0.05, 0) is 193 Å². The van der Waals surface area contributed by atoms with Gasteiger partial charge in [-0.15, -0.1) is 0 Å². The zero-order chi connectivity index (χ0) is 99.5. The van der Waals surface area contributed by atoms with E-state index in [1.54, 1.807) is 37.1 Å². The van der Waals surface area contributed by atoms with Crippen LogP contribution < -0.4 is 70.1 Å². The van der Waals surface area contributed by atoms with Crippen molar-refractivity contribution in [2.75, 3.05) is 111 Å². The van der Waals surface area contributed by atoms with Gasteiger partial charge in [0.2, 0.25) is 0 Å². The molecule has 8 aromatic rings. The number of amides is 2. The molecule has 17 fully saturated rings. The summed E-state index contributed by atoms with van der Waals surface area (Å²) in [6.07, 6.45) is 31.7. The van der Waals surface area contributed by atoms with Crippen LogP contribution in [0.1, 0.15) is 257 Å². The number of hydrogen-bond donors (Lipinski definition) is 4. The second-order valence-corrected chi connectivity index (χ2v) is 44.8. The average Bonchev–Trinajstić information content (AvgIpc) is 1.58. The van der Waals surface area contributed by atoms with Gasteiger partial charge < -0.3 is 70.1 Å². The summed E-state index contributed by atoms with van der Waals surface area (Å²) in [4.78, 5) is 133. The molecule has 6 bridgehead atoms. The Morgan fingerprint density at radius 2 is 0.924 bits per heavy atom. The molecule has 0 unspecified atom stereocenters. The van der Waals surface area contributed by atoms with Crippen molar-refractivity contribution in [2.24, 2.45) is 102 Å². The fraction of sp³-hybridized carbons (Fsp3) is 0.570. The topological polar surface area (TPSA) is 513 Å². The molecule has 750 valence electrons. The molecule has 28 rings (SSSR count). The monoisotopic (exact) mass is 1960 g/mol. The van der Waals surface area contributed by atoms with E-state index in [9.17, 15) is 29.7 Å². The largest absolute Gasteiger partial charge is 0.490 e. The maximum atomic E-state index is 13.2. The highest BCUT2D eigenvalue weighted by Crippen LogP contribution is 2.67. The fourth-order valence-corrected chi connectivity index (χ4v) is 22.8. The van der Waals surface area contributed by atoms with Crippen molar-refractivity contribution < 1.29 is 47.6 Å². The van der Waals surface area contributed by atoms with E-state index in [0.29, 0.717) is 135 Å².